The van der Waals surface area contributed by atoms with Gasteiger partial charge in [-0.2, -0.15) is 0 Å². The highest BCUT2D eigenvalue weighted by Gasteiger charge is 2.06. The van der Waals surface area contributed by atoms with E-state index in [0.717, 1.165) is 4.48 Å². The maximum atomic E-state index is 10.7. The molecule has 0 bridgehead atoms. The highest BCUT2D eigenvalue weighted by molar-refractivity contribution is 5.75. The fraction of sp³-hybridized carbons (Fsp3) is 0.857. The number of rotatable bonds is 3. The van der Waals surface area contributed by atoms with E-state index >= 15 is 0 Å². The molecule has 0 aliphatic rings. The number of carbonyl (C=O) groups excluding carboxylic acids is 1. The zero-order valence-electron chi connectivity index (χ0n) is 7.27. The maximum absolute atomic E-state index is 10.7. The van der Waals surface area contributed by atoms with Gasteiger partial charge in [-0.15, -0.1) is 0 Å². The van der Waals surface area contributed by atoms with Crippen molar-refractivity contribution in [3.05, 3.63) is 0 Å². The van der Waals surface area contributed by atoms with Crippen LogP contribution in [-0.4, -0.2) is 38.2 Å². The molecular formula is C7H17N2O+. The van der Waals surface area contributed by atoms with Crippen molar-refractivity contribution < 1.29 is 9.28 Å². The van der Waals surface area contributed by atoms with Crippen LogP contribution in [0.4, 0.5) is 0 Å². The fourth-order valence-electron chi connectivity index (χ4n) is 0.450. The second kappa shape index (κ2) is 3.56. The minimum atomic E-state index is 0.119. The zero-order chi connectivity index (χ0) is 8.20. The predicted octanol–water partition coefficient (Wildman–Crippen LogP) is 0.176. The lowest BCUT2D eigenvalue weighted by molar-refractivity contribution is -0.872. The van der Waals surface area contributed by atoms with E-state index in [1.165, 1.54) is 0 Å². The molecular weight excluding hydrogens is 128 g/mol. The van der Waals surface area contributed by atoms with Crippen molar-refractivity contribution in [2.75, 3.05) is 27.8 Å². The minimum absolute atomic E-state index is 0.119. The molecule has 0 spiro atoms. The van der Waals surface area contributed by atoms with Gasteiger partial charge in [0.15, 0.2) is 6.67 Å². The molecule has 0 aromatic rings. The second-order valence-corrected chi connectivity index (χ2v) is 3.40. The molecule has 3 nitrogen and oxygen atoms in total. The molecule has 0 saturated carbocycles. The Labute approximate surface area is 62.6 Å². The Morgan fingerprint density at radius 2 is 1.90 bits per heavy atom. The maximum Gasteiger partial charge on any atom is 0.223 e. The average Bonchev–Trinajstić information content (AvgIpc) is 1.81. The minimum Gasteiger partial charge on any atom is -0.314 e. The normalized spacial score (nSPS) is 11.2. The first-order valence-electron chi connectivity index (χ1n) is 3.53. The van der Waals surface area contributed by atoms with Crippen LogP contribution < -0.4 is 5.32 Å². The van der Waals surface area contributed by atoms with Crippen LogP contribution in [0, 0.1) is 0 Å². The van der Waals surface area contributed by atoms with Gasteiger partial charge in [0.05, 0.1) is 21.1 Å². The first kappa shape index (κ1) is 9.43. The van der Waals surface area contributed by atoms with Crippen LogP contribution in [0.15, 0.2) is 0 Å². The number of hydrogen-bond acceptors (Lipinski definition) is 1. The van der Waals surface area contributed by atoms with Crippen LogP contribution in [-0.2, 0) is 4.79 Å². The van der Waals surface area contributed by atoms with E-state index < -0.39 is 0 Å². The summed E-state index contributed by atoms with van der Waals surface area (Å²) < 4.78 is 0.770. The SMILES string of the molecule is CCC(=O)NC[N+](C)(C)C. The van der Waals surface area contributed by atoms with Crippen LogP contribution in [0.1, 0.15) is 13.3 Å². The third kappa shape index (κ3) is 5.56. The van der Waals surface area contributed by atoms with Gasteiger partial charge in [-0.05, 0) is 0 Å². The largest absolute Gasteiger partial charge is 0.314 e. The summed E-state index contributed by atoms with van der Waals surface area (Å²) in [5.74, 6) is 0.119. The van der Waals surface area contributed by atoms with Crippen molar-refractivity contribution in [3.63, 3.8) is 0 Å². The van der Waals surface area contributed by atoms with Gasteiger partial charge in [0.2, 0.25) is 5.91 Å². The summed E-state index contributed by atoms with van der Waals surface area (Å²) in [7, 11) is 6.11. The molecule has 60 valence electrons. The summed E-state index contributed by atoms with van der Waals surface area (Å²) >= 11 is 0. The van der Waals surface area contributed by atoms with Crippen molar-refractivity contribution in [2.24, 2.45) is 0 Å². The van der Waals surface area contributed by atoms with Crippen molar-refractivity contribution >= 4 is 5.91 Å². The van der Waals surface area contributed by atoms with Crippen molar-refractivity contribution in [2.45, 2.75) is 13.3 Å². The Kier molecular flexibility index (Phi) is 3.36. The Morgan fingerprint density at radius 3 is 2.20 bits per heavy atom. The number of nitrogens with zero attached hydrogens (tertiary/aromatic N) is 1. The van der Waals surface area contributed by atoms with E-state index in [0.29, 0.717) is 13.1 Å². The number of amides is 1. The summed E-state index contributed by atoms with van der Waals surface area (Å²) in [4.78, 5) is 10.7. The average molecular weight is 145 g/mol. The first-order chi connectivity index (χ1) is 4.45. The summed E-state index contributed by atoms with van der Waals surface area (Å²) in [5, 5.41) is 2.81. The van der Waals surface area contributed by atoms with Crippen LogP contribution >= 0.6 is 0 Å². The highest BCUT2D eigenvalue weighted by atomic mass is 16.1. The van der Waals surface area contributed by atoms with E-state index in [9.17, 15) is 4.79 Å². The van der Waals surface area contributed by atoms with Gasteiger partial charge < -0.3 is 9.80 Å². The summed E-state index contributed by atoms with van der Waals surface area (Å²) in [6.07, 6.45) is 0.569. The Bertz CT molecular complexity index is 115. The summed E-state index contributed by atoms with van der Waals surface area (Å²) in [5.41, 5.74) is 0. The number of quaternary nitrogens is 1. The molecule has 0 fully saturated rings. The molecule has 1 amide bonds. The lowest BCUT2D eigenvalue weighted by Crippen LogP contribution is -2.44. The molecule has 0 unspecified atom stereocenters. The molecule has 0 rings (SSSR count). The quantitative estimate of drug-likeness (QED) is 0.445. The number of carbonyl (C=O) groups is 1. The predicted molar refractivity (Wildman–Crippen MR) is 41.3 cm³/mol. The standard InChI is InChI=1S/C7H16N2O/c1-5-7(10)8-6-9(2,3)4/h5-6H2,1-4H3/p+1. The van der Waals surface area contributed by atoms with Gasteiger partial charge in [-0.1, -0.05) is 6.92 Å². The smallest absolute Gasteiger partial charge is 0.223 e. The van der Waals surface area contributed by atoms with Gasteiger partial charge in [0.1, 0.15) is 0 Å². The van der Waals surface area contributed by atoms with Crippen LogP contribution in [0.2, 0.25) is 0 Å². The monoisotopic (exact) mass is 145 g/mol. The third-order valence-corrected chi connectivity index (χ3v) is 1.07. The lowest BCUT2D eigenvalue weighted by Gasteiger charge is -2.23. The van der Waals surface area contributed by atoms with Gasteiger partial charge >= 0.3 is 0 Å². The Balaban J connectivity index is 3.46. The number of nitrogens with one attached hydrogen (secondary N) is 1. The van der Waals surface area contributed by atoms with E-state index in [-0.39, 0.29) is 5.91 Å². The highest BCUT2D eigenvalue weighted by Crippen LogP contribution is 1.85. The molecule has 0 aromatic heterocycles. The van der Waals surface area contributed by atoms with Gasteiger partial charge in [0, 0.05) is 6.42 Å². The van der Waals surface area contributed by atoms with E-state index in [2.05, 4.69) is 5.32 Å². The van der Waals surface area contributed by atoms with Gasteiger partial charge in [-0.25, -0.2) is 0 Å². The molecule has 0 saturated heterocycles. The molecule has 10 heavy (non-hydrogen) atoms. The molecule has 0 aromatic carbocycles. The molecule has 0 atom stereocenters. The van der Waals surface area contributed by atoms with Gasteiger partial charge in [0.25, 0.3) is 0 Å². The molecule has 0 aliphatic heterocycles. The summed E-state index contributed by atoms with van der Waals surface area (Å²) in [6, 6.07) is 0. The van der Waals surface area contributed by atoms with E-state index in [4.69, 9.17) is 0 Å². The van der Waals surface area contributed by atoms with E-state index in [1.54, 1.807) is 0 Å². The summed E-state index contributed by atoms with van der Waals surface area (Å²) in [6.45, 7) is 2.55. The topological polar surface area (TPSA) is 29.1 Å². The Hall–Kier alpha value is -0.570. The molecule has 0 aliphatic carbocycles. The first-order valence-corrected chi connectivity index (χ1v) is 3.53. The van der Waals surface area contributed by atoms with Crippen molar-refractivity contribution in [3.8, 4) is 0 Å². The van der Waals surface area contributed by atoms with Crippen LogP contribution in [0.25, 0.3) is 0 Å². The number of hydrogen-bond donors (Lipinski definition) is 1. The van der Waals surface area contributed by atoms with Gasteiger partial charge in [-0.3, -0.25) is 4.79 Å². The van der Waals surface area contributed by atoms with Crippen molar-refractivity contribution in [1.29, 1.82) is 0 Å². The Morgan fingerprint density at radius 1 is 1.40 bits per heavy atom. The molecule has 0 heterocycles. The fourth-order valence-corrected chi connectivity index (χ4v) is 0.450. The van der Waals surface area contributed by atoms with Crippen LogP contribution in [0.3, 0.4) is 0 Å². The van der Waals surface area contributed by atoms with E-state index in [1.807, 2.05) is 28.1 Å². The second-order valence-electron chi connectivity index (χ2n) is 3.40. The molecule has 1 N–H and O–H groups in total. The molecule has 3 heteroatoms. The third-order valence-electron chi connectivity index (χ3n) is 1.07. The molecule has 0 radical (unpaired) electrons. The zero-order valence-corrected chi connectivity index (χ0v) is 7.27. The van der Waals surface area contributed by atoms with Crippen LogP contribution in [0.5, 0.6) is 0 Å². The lowest BCUT2D eigenvalue weighted by atomic mass is 10.4. The van der Waals surface area contributed by atoms with Crippen molar-refractivity contribution in [1.82, 2.24) is 5.32 Å².